The van der Waals surface area contributed by atoms with Crippen LogP contribution in [0.15, 0.2) is 28.8 Å². The molecule has 2 aliphatic heterocycles. The molecule has 2 atom stereocenters. The molecule has 1 N–H and O–H groups in total. The maximum Gasteiger partial charge on any atom is 0.251 e. The molecule has 0 saturated carbocycles. The highest BCUT2D eigenvalue weighted by Crippen LogP contribution is 2.24. The van der Waals surface area contributed by atoms with E-state index in [1.54, 1.807) is 18.2 Å². The summed E-state index contributed by atoms with van der Waals surface area (Å²) in [6.07, 6.45) is 9.03. The first-order valence-electron chi connectivity index (χ1n) is 8.83. The van der Waals surface area contributed by atoms with Gasteiger partial charge in [0, 0.05) is 18.7 Å². The minimum Gasteiger partial charge on any atom is -0.376 e. The van der Waals surface area contributed by atoms with Crippen molar-refractivity contribution in [3.05, 3.63) is 23.8 Å². The summed E-state index contributed by atoms with van der Waals surface area (Å²) in [6, 6.07) is 0. The van der Waals surface area contributed by atoms with Gasteiger partial charge in [0.2, 0.25) is 11.0 Å². The molecule has 1 fully saturated rings. The van der Waals surface area contributed by atoms with Crippen molar-refractivity contribution < 1.29 is 14.3 Å². The molecule has 0 bridgehead atoms. The van der Waals surface area contributed by atoms with E-state index in [0.717, 1.165) is 32.3 Å². The number of aliphatic imine (C=N–C) groups is 1. The highest BCUT2D eigenvalue weighted by Gasteiger charge is 2.36. The lowest BCUT2D eigenvalue weighted by Gasteiger charge is -2.32. The number of ether oxygens (including phenoxy) is 1. The number of hydrogen-bond acceptors (Lipinski definition) is 4. The standard InChI is InChI=1S/C18H23N3O3S/c1-2-3-8-19-16(22)12-6-7-14-15(10-12)20-18(25)21(17(14)23)11-13-5-4-9-24-13/h6-7,10,13-14H,2-5,8-9,11H2,1H3,(H,19,22). The van der Waals surface area contributed by atoms with Gasteiger partial charge in [0.15, 0.2) is 0 Å². The lowest BCUT2D eigenvalue weighted by Crippen LogP contribution is -2.49. The summed E-state index contributed by atoms with van der Waals surface area (Å²) in [5.41, 5.74) is 1.05. The summed E-state index contributed by atoms with van der Waals surface area (Å²) in [4.78, 5) is 30.9. The van der Waals surface area contributed by atoms with E-state index in [0.29, 0.717) is 24.4 Å². The highest BCUT2D eigenvalue weighted by molar-refractivity contribution is 7.80. The van der Waals surface area contributed by atoms with Gasteiger partial charge in [0.1, 0.15) is 0 Å². The molecule has 1 saturated heterocycles. The second kappa shape index (κ2) is 8.01. The minimum atomic E-state index is -0.472. The number of carbonyl (C=O) groups excluding carboxylic acids is 2. The molecule has 0 aromatic heterocycles. The van der Waals surface area contributed by atoms with E-state index >= 15 is 0 Å². The van der Waals surface area contributed by atoms with Gasteiger partial charge in [-0.15, -0.1) is 0 Å². The van der Waals surface area contributed by atoms with Gasteiger partial charge in [0.05, 0.1) is 24.3 Å². The Bertz CT molecular complexity index is 662. The number of carbonyl (C=O) groups is 2. The van der Waals surface area contributed by atoms with E-state index in [4.69, 9.17) is 17.0 Å². The zero-order valence-electron chi connectivity index (χ0n) is 14.4. The maximum atomic E-state index is 12.8. The van der Waals surface area contributed by atoms with Crippen LogP contribution in [-0.2, 0) is 14.3 Å². The van der Waals surface area contributed by atoms with Gasteiger partial charge in [-0.25, -0.2) is 4.99 Å². The van der Waals surface area contributed by atoms with Crippen molar-refractivity contribution >= 4 is 34.9 Å². The Morgan fingerprint density at radius 2 is 2.36 bits per heavy atom. The van der Waals surface area contributed by atoms with Crippen molar-refractivity contribution in [1.29, 1.82) is 0 Å². The number of hydrogen-bond donors (Lipinski definition) is 1. The van der Waals surface area contributed by atoms with E-state index < -0.39 is 5.92 Å². The number of rotatable bonds is 6. The Hall–Kier alpha value is -1.86. The number of nitrogens with one attached hydrogen (secondary N) is 1. The third-order valence-corrected chi connectivity index (χ3v) is 4.88. The topological polar surface area (TPSA) is 71.0 Å². The summed E-state index contributed by atoms with van der Waals surface area (Å²) in [5, 5.41) is 3.12. The first kappa shape index (κ1) is 17.9. The molecule has 2 unspecified atom stereocenters. The fourth-order valence-corrected chi connectivity index (χ4v) is 3.39. The summed E-state index contributed by atoms with van der Waals surface area (Å²) in [6.45, 7) is 3.90. The molecule has 2 heterocycles. The quantitative estimate of drug-likeness (QED) is 0.578. The molecule has 134 valence electrons. The van der Waals surface area contributed by atoms with Crippen molar-refractivity contribution in [3.63, 3.8) is 0 Å². The van der Waals surface area contributed by atoms with Crippen molar-refractivity contribution in [2.24, 2.45) is 10.9 Å². The molecule has 7 heteroatoms. The molecule has 3 rings (SSSR count). The fraction of sp³-hybridized carbons (Fsp3) is 0.556. The van der Waals surface area contributed by atoms with Crippen LogP contribution < -0.4 is 5.32 Å². The Kier molecular flexibility index (Phi) is 5.75. The predicted molar refractivity (Wildman–Crippen MR) is 99.4 cm³/mol. The number of nitrogens with zero attached hydrogens (tertiary/aromatic N) is 2. The first-order chi connectivity index (χ1) is 12.1. The Morgan fingerprint density at radius 1 is 1.52 bits per heavy atom. The number of thiocarbonyl (C=S) groups is 1. The van der Waals surface area contributed by atoms with Crippen LogP contribution in [0, 0.1) is 5.92 Å². The van der Waals surface area contributed by atoms with Gasteiger partial charge >= 0.3 is 0 Å². The summed E-state index contributed by atoms with van der Waals surface area (Å²) < 4.78 is 5.60. The third kappa shape index (κ3) is 4.04. The molecule has 0 spiro atoms. The van der Waals surface area contributed by atoms with Crippen LogP contribution in [0.4, 0.5) is 0 Å². The van der Waals surface area contributed by atoms with Crippen LogP contribution in [-0.4, -0.2) is 53.3 Å². The highest BCUT2D eigenvalue weighted by atomic mass is 32.1. The Labute approximate surface area is 153 Å². The van der Waals surface area contributed by atoms with Crippen molar-refractivity contribution in [2.75, 3.05) is 19.7 Å². The van der Waals surface area contributed by atoms with Gasteiger partial charge in [0.25, 0.3) is 5.91 Å². The van der Waals surface area contributed by atoms with Crippen molar-refractivity contribution in [3.8, 4) is 0 Å². The van der Waals surface area contributed by atoms with Crippen LogP contribution in [0.25, 0.3) is 0 Å². The monoisotopic (exact) mass is 361 g/mol. The first-order valence-corrected chi connectivity index (χ1v) is 9.24. The van der Waals surface area contributed by atoms with Crippen LogP contribution in [0.2, 0.25) is 0 Å². The van der Waals surface area contributed by atoms with Gasteiger partial charge in [-0.2, -0.15) is 0 Å². The molecular formula is C18H23N3O3S. The predicted octanol–water partition coefficient (Wildman–Crippen LogP) is 1.76. The second-order valence-corrected chi connectivity index (χ2v) is 6.81. The summed E-state index contributed by atoms with van der Waals surface area (Å²) >= 11 is 5.31. The largest absolute Gasteiger partial charge is 0.376 e. The van der Waals surface area contributed by atoms with E-state index in [2.05, 4.69) is 17.2 Å². The second-order valence-electron chi connectivity index (χ2n) is 6.45. The number of unbranched alkanes of at least 4 members (excludes halogenated alkanes) is 1. The summed E-state index contributed by atoms with van der Waals surface area (Å²) in [7, 11) is 0. The maximum absolute atomic E-state index is 12.8. The van der Waals surface area contributed by atoms with Crippen LogP contribution in [0.5, 0.6) is 0 Å². The van der Waals surface area contributed by atoms with Crippen molar-refractivity contribution in [1.82, 2.24) is 10.2 Å². The molecule has 0 aromatic rings. The Balaban J connectivity index is 1.70. The average molecular weight is 361 g/mol. The van der Waals surface area contributed by atoms with E-state index in [1.807, 2.05) is 0 Å². The van der Waals surface area contributed by atoms with Gasteiger partial charge in [-0.05, 0) is 37.6 Å². The molecular weight excluding hydrogens is 338 g/mol. The molecule has 2 amide bonds. The Morgan fingerprint density at radius 3 is 3.08 bits per heavy atom. The van der Waals surface area contributed by atoms with Crippen LogP contribution in [0.3, 0.4) is 0 Å². The molecule has 6 nitrogen and oxygen atoms in total. The third-order valence-electron chi connectivity index (χ3n) is 4.57. The van der Waals surface area contributed by atoms with Crippen LogP contribution >= 0.6 is 12.2 Å². The normalized spacial score (nSPS) is 25.6. The van der Waals surface area contributed by atoms with E-state index in [-0.39, 0.29) is 23.0 Å². The number of fused-ring (bicyclic) bond motifs is 1. The molecule has 25 heavy (non-hydrogen) atoms. The zero-order valence-corrected chi connectivity index (χ0v) is 15.2. The molecule has 0 radical (unpaired) electrons. The smallest absolute Gasteiger partial charge is 0.251 e. The lowest BCUT2D eigenvalue weighted by molar-refractivity contribution is -0.129. The molecule has 1 aliphatic carbocycles. The zero-order chi connectivity index (χ0) is 17.8. The minimum absolute atomic E-state index is 0.0293. The van der Waals surface area contributed by atoms with Crippen LogP contribution in [0.1, 0.15) is 32.6 Å². The summed E-state index contributed by atoms with van der Waals surface area (Å²) in [5.74, 6) is -0.713. The van der Waals surface area contributed by atoms with Gasteiger partial charge < -0.3 is 10.1 Å². The SMILES string of the molecule is CCCCNC(=O)C1=CC2=NC(=S)N(CC3CCCO3)C(=O)C2C=C1. The van der Waals surface area contributed by atoms with E-state index in [1.165, 1.54) is 4.90 Å². The van der Waals surface area contributed by atoms with E-state index in [9.17, 15) is 9.59 Å². The lowest BCUT2D eigenvalue weighted by atomic mass is 9.91. The number of amides is 2. The fourth-order valence-electron chi connectivity index (χ4n) is 3.12. The van der Waals surface area contributed by atoms with Gasteiger partial charge in [-0.3, -0.25) is 14.5 Å². The van der Waals surface area contributed by atoms with Crippen molar-refractivity contribution in [2.45, 2.75) is 38.7 Å². The number of allylic oxidation sites excluding steroid dienone is 1. The average Bonchev–Trinajstić information content (AvgIpc) is 3.11. The molecule has 0 aromatic carbocycles. The molecule has 3 aliphatic rings. The van der Waals surface area contributed by atoms with Gasteiger partial charge in [-0.1, -0.05) is 25.5 Å².